The highest BCUT2D eigenvalue weighted by Crippen LogP contribution is 2.22. The molecule has 0 saturated heterocycles. The molecule has 0 aliphatic heterocycles. The van der Waals surface area contributed by atoms with Gasteiger partial charge in [-0.05, 0) is 0 Å². The van der Waals surface area contributed by atoms with E-state index in [0.29, 0.717) is 12.3 Å². The molecule has 0 bridgehead atoms. The van der Waals surface area contributed by atoms with Crippen molar-refractivity contribution in [1.82, 2.24) is 0 Å². The molecule has 2 N–H and O–H groups in total. The number of hydrogen-bond acceptors (Lipinski definition) is 4. The third kappa shape index (κ3) is 3.01. The first-order valence-corrected chi connectivity index (χ1v) is 5.41. The Morgan fingerprint density at radius 1 is 1.43 bits per heavy atom. The zero-order valence-electron chi connectivity index (χ0n) is 7.68. The highest BCUT2D eigenvalue weighted by molar-refractivity contribution is 7.98. The fourth-order valence-corrected chi connectivity index (χ4v) is 1.85. The number of benzene rings is 1. The van der Waals surface area contributed by atoms with E-state index in [1.165, 1.54) is 6.07 Å². The number of rotatable bonds is 5. The van der Waals surface area contributed by atoms with E-state index in [1.54, 1.807) is 23.9 Å². The van der Waals surface area contributed by atoms with Gasteiger partial charge in [0, 0.05) is 29.7 Å². The van der Waals surface area contributed by atoms with Crippen LogP contribution in [0.25, 0.3) is 0 Å². The van der Waals surface area contributed by atoms with E-state index >= 15 is 0 Å². The van der Waals surface area contributed by atoms with Crippen LogP contribution in [0.4, 0.5) is 5.69 Å². The fraction of sp³-hybridized carbons (Fsp3) is 0.333. The molecule has 0 heterocycles. The maximum atomic E-state index is 10.6. The molecule has 0 amide bonds. The second-order valence-corrected chi connectivity index (χ2v) is 3.83. The zero-order chi connectivity index (χ0) is 10.4. The summed E-state index contributed by atoms with van der Waals surface area (Å²) in [4.78, 5) is 10.3. The molecule has 0 unspecified atom stereocenters. The van der Waals surface area contributed by atoms with Crippen LogP contribution >= 0.6 is 11.8 Å². The van der Waals surface area contributed by atoms with Crippen LogP contribution in [-0.4, -0.2) is 17.2 Å². The van der Waals surface area contributed by atoms with E-state index in [1.807, 2.05) is 6.07 Å². The second kappa shape index (κ2) is 5.62. The molecule has 1 aromatic carbocycles. The molecule has 1 rings (SSSR count). The summed E-state index contributed by atoms with van der Waals surface area (Å²) in [6.45, 7) is 0.602. The van der Waals surface area contributed by atoms with Gasteiger partial charge in [0.1, 0.15) is 0 Å². The van der Waals surface area contributed by atoms with E-state index in [-0.39, 0.29) is 10.6 Å². The smallest absolute Gasteiger partial charge is 0.273 e. The summed E-state index contributed by atoms with van der Waals surface area (Å²) in [6.07, 6.45) is 0. The van der Waals surface area contributed by atoms with Crippen molar-refractivity contribution in [3.05, 3.63) is 39.9 Å². The van der Waals surface area contributed by atoms with E-state index in [4.69, 9.17) is 5.73 Å². The molecule has 1 aromatic rings. The summed E-state index contributed by atoms with van der Waals surface area (Å²) < 4.78 is 0. The van der Waals surface area contributed by atoms with Crippen LogP contribution in [0.15, 0.2) is 24.3 Å². The van der Waals surface area contributed by atoms with Gasteiger partial charge in [0.25, 0.3) is 5.69 Å². The van der Waals surface area contributed by atoms with Gasteiger partial charge in [0.15, 0.2) is 0 Å². The molecule has 0 radical (unpaired) electrons. The van der Waals surface area contributed by atoms with Crippen molar-refractivity contribution in [2.24, 2.45) is 5.73 Å². The first kappa shape index (κ1) is 11.0. The largest absolute Gasteiger partial charge is 0.330 e. The summed E-state index contributed by atoms with van der Waals surface area (Å²) in [5.74, 6) is 1.47. The van der Waals surface area contributed by atoms with Crippen LogP contribution in [0.2, 0.25) is 0 Å². The summed E-state index contributed by atoms with van der Waals surface area (Å²) in [5, 5.41) is 10.6. The summed E-state index contributed by atoms with van der Waals surface area (Å²) in [5.41, 5.74) is 6.29. The Labute approximate surface area is 86.6 Å². The van der Waals surface area contributed by atoms with E-state index < -0.39 is 0 Å². The number of thioether (sulfide) groups is 1. The number of nitrogens with zero attached hydrogens (tertiary/aromatic N) is 1. The summed E-state index contributed by atoms with van der Waals surface area (Å²) in [6, 6.07) is 6.79. The number of nitrogens with two attached hydrogens (primary N) is 1. The second-order valence-electron chi connectivity index (χ2n) is 2.73. The zero-order valence-corrected chi connectivity index (χ0v) is 8.50. The average Bonchev–Trinajstić information content (AvgIpc) is 2.19. The molecule has 76 valence electrons. The van der Waals surface area contributed by atoms with Crippen molar-refractivity contribution in [3.8, 4) is 0 Å². The SMILES string of the molecule is NCCSCc1ccccc1[N+](=O)[O-]. The predicted octanol–water partition coefficient (Wildman–Crippen LogP) is 1.79. The molecule has 0 aliphatic carbocycles. The highest BCUT2D eigenvalue weighted by Gasteiger charge is 2.11. The Morgan fingerprint density at radius 2 is 2.14 bits per heavy atom. The quantitative estimate of drug-likeness (QED) is 0.459. The third-order valence-corrected chi connectivity index (χ3v) is 2.75. The minimum atomic E-state index is -0.349. The first-order valence-electron chi connectivity index (χ1n) is 4.26. The van der Waals surface area contributed by atoms with Gasteiger partial charge in [-0.1, -0.05) is 18.2 Å². The van der Waals surface area contributed by atoms with Gasteiger partial charge < -0.3 is 5.73 Å². The molecule has 0 fully saturated rings. The molecule has 0 aliphatic rings. The lowest BCUT2D eigenvalue weighted by molar-refractivity contribution is -0.385. The van der Waals surface area contributed by atoms with Crippen molar-refractivity contribution in [2.75, 3.05) is 12.3 Å². The minimum Gasteiger partial charge on any atom is -0.330 e. The van der Waals surface area contributed by atoms with Crippen molar-refractivity contribution >= 4 is 17.4 Å². The molecule has 0 spiro atoms. The Balaban J connectivity index is 2.69. The van der Waals surface area contributed by atoms with Crippen LogP contribution in [0.3, 0.4) is 0 Å². The molecule has 4 nitrogen and oxygen atoms in total. The molecular weight excluding hydrogens is 200 g/mol. The van der Waals surface area contributed by atoms with Gasteiger partial charge in [-0.2, -0.15) is 11.8 Å². The van der Waals surface area contributed by atoms with Crippen molar-refractivity contribution in [1.29, 1.82) is 0 Å². The topological polar surface area (TPSA) is 69.2 Å². The van der Waals surface area contributed by atoms with Crippen LogP contribution in [0, 0.1) is 10.1 Å². The van der Waals surface area contributed by atoms with Gasteiger partial charge in [0.05, 0.1) is 4.92 Å². The summed E-state index contributed by atoms with van der Waals surface area (Å²) >= 11 is 1.61. The van der Waals surface area contributed by atoms with Crippen molar-refractivity contribution in [3.63, 3.8) is 0 Å². The van der Waals surface area contributed by atoms with Crippen LogP contribution < -0.4 is 5.73 Å². The number of nitro groups is 1. The number of hydrogen-bond donors (Lipinski definition) is 1. The lowest BCUT2D eigenvalue weighted by atomic mass is 10.2. The molecule has 0 saturated carbocycles. The average molecular weight is 212 g/mol. The van der Waals surface area contributed by atoms with Crippen molar-refractivity contribution < 1.29 is 4.92 Å². The van der Waals surface area contributed by atoms with Crippen LogP contribution in [0.5, 0.6) is 0 Å². The van der Waals surface area contributed by atoms with E-state index in [0.717, 1.165) is 11.3 Å². The van der Waals surface area contributed by atoms with Crippen LogP contribution in [-0.2, 0) is 5.75 Å². The standard InChI is InChI=1S/C9H12N2O2S/c10-5-6-14-7-8-3-1-2-4-9(8)11(12)13/h1-4H,5-7,10H2. The van der Waals surface area contributed by atoms with Crippen LogP contribution in [0.1, 0.15) is 5.56 Å². The maximum absolute atomic E-state index is 10.6. The number of nitro benzene ring substituents is 1. The lowest BCUT2D eigenvalue weighted by Crippen LogP contribution is -2.02. The van der Waals surface area contributed by atoms with E-state index in [2.05, 4.69) is 0 Å². The molecule has 0 aromatic heterocycles. The third-order valence-electron chi connectivity index (χ3n) is 1.71. The minimum absolute atomic E-state index is 0.192. The first-order chi connectivity index (χ1) is 6.75. The summed E-state index contributed by atoms with van der Waals surface area (Å²) in [7, 11) is 0. The highest BCUT2D eigenvalue weighted by atomic mass is 32.2. The fourth-order valence-electron chi connectivity index (χ4n) is 1.08. The Bertz CT molecular complexity index is 317. The normalized spacial score (nSPS) is 10.1. The lowest BCUT2D eigenvalue weighted by Gasteiger charge is -2.01. The molecule has 5 heteroatoms. The van der Waals surface area contributed by atoms with Gasteiger partial charge >= 0.3 is 0 Å². The monoisotopic (exact) mass is 212 g/mol. The molecule has 14 heavy (non-hydrogen) atoms. The maximum Gasteiger partial charge on any atom is 0.273 e. The Hall–Kier alpha value is -1.07. The van der Waals surface area contributed by atoms with Gasteiger partial charge in [-0.25, -0.2) is 0 Å². The van der Waals surface area contributed by atoms with Gasteiger partial charge in [0.2, 0.25) is 0 Å². The van der Waals surface area contributed by atoms with Gasteiger partial charge in [-0.3, -0.25) is 10.1 Å². The predicted molar refractivity (Wildman–Crippen MR) is 58.3 cm³/mol. The Morgan fingerprint density at radius 3 is 2.79 bits per heavy atom. The number of para-hydroxylation sites is 1. The van der Waals surface area contributed by atoms with E-state index in [9.17, 15) is 10.1 Å². The van der Waals surface area contributed by atoms with Gasteiger partial charge in [-0.15, -0.1) is 0 Å². The molecule has 0 atom stereocenters. The van der Waals surface area contributed by atoms with Crippen molar-refractivity contribution in [2.45, 2.75) is 5.75 Å². The Kier molecular flexibility index (Phi) is 4.42. The molecular formula is C9H12N2O2S.